The van der Waals surface area contributed by atoms with Crippen LogP contribution in [0.5, 0.6) is 5.75 Å². The number of aromatic nitrogens is 1. The van der Waals surface area contributed by atoms with E-state index < -0.39 is 10.0 Å². The summed E-state index contributed by atoms with van der Waals surface area (Å²) in [5, 5.41) is 0. The first-order chi connectivity index (χ1) is 9.03. The number of rotatable bonds is 4. The van der Waals surface area contributed by atoms with Crippen LogP contribution in [0, 0.1) is 0 Å². The lowest BCUT2D eigenvalue weighted by Crippen LogP contribution is -2.14. The number of nitrogen functional groups attached to an aromatic ring is 1. The number of anilines is 2. The Morgan fingerprint density at radius 3 is 2.74 bits per heavy atom. The summed E-state index contributed by atoms with van der Waals surface area (Å²) in [4.78, 5) is 3.82. The van der Waals surface area contributed by atoms with Gasteiger partial charge in [0.05, 0.1) is 19.0 Å². The molecule has 0 amide bonds. The number of hydrogen-bond acceptors (Lipinski definition) is 5. The van der Waals surface area contributed by atoms with Crippen molar-refractivity contribution in [2.45, 2.75) is 4.90 Å². The molecule has 2 rings (SSSR count). The Bertz CT molecular complexity index is 672. The lowest BCUT2D eigenvalue weighted by atomic mass is 10.3. The molecule has 0 radical (unpaired) electrons. The first kappa shape index (κ1) is 13.2. The van der Waals surface area contributed by atoms with Crippen LogP contribution >= 0.6 is 0 Å². The minimum absolute atomic E-state index is 0.0150. The molecule has 6 nitrogen and oxygen atoms in total. The lowest BCUT2D eigenvalue weighted by Gasteiger charge is -2.11. The van der Waals surface area contributed by atoms with Crippen molar-refractivity contribution in [2.24, 2.45) is 0 Å². The van der Waals surface area contributed by atoms with Gasteiger partial charge in [-0.1, -0.05) is 0 Å². The van der Waals surface area contributed by atoms with E-state index in [2.05, 4.69) is 9.71 Å². The largest absolute Gasteiger partial charge is 0.495 e. The SMILES string of the molecule is COc1ccc(N)cc1S(=O)(=O)Nc1cccnc1. The molecule has 100 valence electrons. The molecule has 7 heteroatoms. The van der Waals surface area contributed by atoms with Gasteiger partial charge in [-0.2, -0.15) is 0 Å². The molecule has 1 aromatic heterocycles. The molecule has 0 unspecified atom stereocenters. The average molecular weight is 279 g/mol. The predicted molar refractivity (Wildman–Crippen MR) is 72.5 cm³/mol. The van der Waals surface area contributed by atoms with Gasteiger partial charge in [-0.25, -0.2) is 8.42 Å². The molecule has 0 bridgehead atoms. The van der Waals surface area contributed by atoms with Crippen molar-refractivity contribution in [3.63, 3.8) is 0 Å². The number of benzene rings is 1. The van der Waals surface area contributed by atoms with E-state index in [4.69, 9.17) is 10.5 Å². The second-order valence-electron chi connectivity index (χ2n) is 3.76. The summed E-state index contributed by atoms with van der Waals surface area (Å²) in [5.41, 5.74) is 6.32. The highest BCUT2D eigenvalue weighted by molar-refractivity contribution is 7.92. The van der Waals surface area contributed by atoms with E-state index in [1.807, 2.05) is 0 Å². The van der Waals surface area contributed by atoms with Crippen LogP contribution in [0.25, 0.3) is 0 Å². The van der Waals surface area contributed by atoms with Crippen LogP contribution in [0.4, 0.5) is 11.4 Å². The van der Waals surface area contributed by atoms with E-state index in [0.717, 1.165) is 0 Å². The molecule has 1 heterocycles. The Morgan fingerprint density at radius 1 is 1.32 bits per heavy atom. The summed E-state index contributed by atoms with van der Waals surface area (Å²) in [5.74, 6) is 0.227. The van der Waals surface area contributed by atoms with E-state index in [9.17, 15) is 8.42 Å². The summed E-state index contributed by atoms with van der Waals surface area (Å²) >= 11 is 0. The van der Waals surface area contributed by atoms with Gasteiger partial charge in [-0.05, 0) is 30.3 Å². The normalized spacial score (nSPS) is 11.0. The second-order valence-corrected chi connectivity index (χ2v) is 5.41. The molecule has 3 N–H and O–H groups in total. The standard InChI is InChI=1S/C12H13N3O3S/c1-18-11-5-4-9(13)7-12(11)19(16,17)15-10-3-2-6-14-8-10/h2-8,15H,13H2,1H3. The fourth-order valence-electron chi connectivity index (χ4n) is 1.54. The first-order valence-corrected chi connectivity index (χ1v) is 6.87. The molecule has 19 heavy (non-hydrogen) atoms. The van der Waals surface area contributed by atoms with Crippen LogP contribution in [0.2, 0.25) is 0 Å². The minimum Gasteiger partial charge on any atom is -0.495 e. The lowest BCUT2D eigenvalue weighted by molar-refractivity contribution is 0.403. The van der Waals surface area contributed by atoms with Crippen molar-refractivity contribution in [3.8, 4) is 5.75 Å². The number of methoxy groups -OCH3 is 1. The molecule has 0 saturated heterocycles. The fraction of sp³-hybridized carbons (Fsp3) is 0.0833. The molecule has 1 aromatic carbocycles. The Morgan fingerprint density at radius 2 is 2.11 bits per heavy atom. The van der Waals surface area contributed by atoms with Crippen LogP contribution in [0.15, 0.2) is 47.6 Å². The minimum atomic E-state index is -3.77. The van der Waals surface area contributed by atoms with Gasteiger partial charge in [0.15, 0.2) is 0 Å². The number of nitrogens with one attached hydrogen (secondary N) is 1. The molecular weight excluding hydrogens is 266 g/mol. The number of nitrogens with two attached hydrogens (primary N) is 1. The molecule has 0 spiro atoms. The van der Waals surface area contributed by atoms with Crippen LogP contribution in [-0.2, 0) is 10.0 Å². The third kappa shape index (κ3) is 2.94. The third-order valence-corrected chi connectivity index (χ3v) is 3.79. The highest BCUT2D eigenvalue weighted by Crippen LogP contribution is 2.27. The number of nitrogens with zero attached hydrogens (tertiary/aromatic N) is 1. The zero-order valence-corrected chi connectivity index (χ0v) is 11.0. The Labute approximate surface area is 111 Å². The molecule has 0 atom stereocenters. The summed E-state index contributed by atoms with van der Waals surface area (Å²) in [7, 11) is -2.38. The quantitative estimate of drug-likeness (QED) is 0.826. The maximum absolute atomic E-state index is 12.3. The first-order valence-electron chi connectivity index (χ1n) is 5.39. The van der Waals surface area contributed by atoms with Crippen molar-refractivity contribution in [3.05, 3.63) is 42.7 Å². The van der Waals surface area contributed by atoms with Crippen LogP contribution < -0.4 is 15.2 Å². The fourth-order valence-corrected chi connectivity index (χ4v) is 2.79. The molecule has 0 saturated carbocycles. The summed E-state index contributed by atoms with van der Waals surface area (Å²) in [6, 6.07) is 7.66. The Balaban J connectivity index is 2.42. The van der Waals surface area contributed by atoms with Gasteiger partial charge in [-0.15, -0.1) is 0 Å². The van der Waals surface area contributed by atoms with Crippen LogP contribution in [0.3, 0.4) is 0 Å². The maximum atomic E-state index is 12.3. The van der Waals surface area contributed by atoms with Gasteiger partial charge in [0.25, 0.3) is 10.0 Å². The van der Waals surface area contributed by atoms with E-state index >= 15 is 0 Å². The van der Waals surface area contributed by atoms with Crippen molar-refractivity contribution in [2.75, 3.05) is 17.6 Å². The maximum Gasteiger partial charge on any atom is 0.265 e. The Hall–Kier alpha value is -2.28. The van der Waals surface area contributed by atoms with Gasteiger partial charge in [0.2, 0.25) is 0 Å². The zero-order chi connectivity index (χ0) is 13.9. The van der Waals surface area contributed by atoms with Crippen molar-refractivity contribution < 1.29 is 13.2 Å². The van der Waals surface area contributed by atoms with Crippen molar-refractivity contribution >= 4 is 21.4 Å². The topological polar surface area (TPSA) is 94.3 Å². The van der Waals surface area contributed by atoms with Crippen LogP contribution in [0.1, 0.15) is 0 Å². The molecule has 0 fully saturated rings. The van der Waals surface area contributed by atoms with Crippen molar-refractivity contribution in [1.29, 1.82) is 0 Å². The van der Waals surface area contributed by atoms with E-state index in [1.54, 1.807) is 24.4 Å². The van der Waals surface area contributed by atoms with Gasteiger partial charge in [0.1, 0.15) is 10.6 Å². The predicted octanol–water partition coefficient (Wildman–Crippen LogP) is 1.47. The smallest absolute Gasteiger partial charge is 0.265 e. The van der Waals surface area contributed by atoms with Crippen LogP contribution in [-0.4, -0.2) is 20.5 Å². The number of ether oxygens (including phenoxy) is 1. The molecular formula is C12H13N3O3S. The number of pyridine rings is 1. The van der Waals surface area contributed by atoms with E-state index in [-0.39, 0.29) is 10.6 Å². The van der Waals surface area contributed by atoms with Gasteiger partial charge >= 0.3 is 0 Å². The van der Waals surface area contributed by atoms with Gasteiger partial charge in [0, 0.05) is 11.9 Å². The second kappa shape index (κ2) is 5.15. The number of sulfonamides is 1. The van der Waals surface area contributed by atoms with E-state index in [1.165, 1.54) is 25.4 Å². The van der Waals surface area contributed by atoms with Gasteiger partial charge < -0.3 is 10.5 Å². The summed E-state index contributed by atoms with van der Waals surface area (Å²) in [6.07, 6.45) is 2.97. The third-order valence-electron chi connectivity index (χ3n) is 2.39. The highest BCUT2D eigenvalue weighted by atomic mass is 32.2. The van der Waals surface area contributed by atoms with Crippen molar-refractivity contribution in [1.82, 2.24) is 4.98 Å². The van der Waals surface area contributed by atoms with E-state index in [0.29, 0.717) is 11.4 Å². The molecule has 2 aromatic rings. The molecule has 0 aliphatic rings. The molecule has 0 aliphatic carbocycles. The monoisotopic (exact) mass is 279 g/mol. The Kier molecular flexibility index (Phi) is 3.57. The number of hydrogen-bond donors (Lipinski definition) is 2. The molecule has 0 aliphatic heterocycles. The summed E-state index contributed by atoms with van der Waals surface area (Å²) < 4.78 is 32.0. The highest BCUT2D eigenvalue weighted by Gasteiger charge is 2.20. The van der Waals surface area contributed by atoms with Gasteiger partial charge in [-0.3, -0.25) is 9.71 Å². The zero-order valence-electron chi connectivity index (χ0n) is 10.2. The average Bonchev–Trinajstić information content (AvgIpc) is 2.39. The summed E-state index contributed by atoms with van der Waals surface area (Å²) in [6.45, 7) is 0.